The lowest BCUT2D eigenvalue weighted by Crippen LogP contribution is -2.46. The first-order valence-corrected chi connectivity index (χ1v) is 5.77. The fourth-order valence-electron chi connectivity index (χ4n) is 1.87. The van der Waals surface area contributed by atoms with Crippen LogP contribution in [0.4, 0.5) is 0 Å². The second-order valence-electron chi connectivity index (χ2n) is 4.68. The average molecular weight is 244 g/mol. The molecule has 0 aliphatic heterocycles. The molecule has 2 radical (unpaired) electrons. The van der Waals surface area contributed by atoms with Crippen LogP contribution >= 0.6 is 0 Å². The fourth-order valence-corrected chi connectivity index (χ4v) is 1.87. The van der Waals surface area contributed by atoms with E-state index >= 15 is 0 Å². The van der Waals surface area contributed by atoms with Crippen molar-refractivity contribution in [1.82, 2.24) is 9.88 Å². The van der Waals surface area contributed by atoms with E-state index in [1.807, 2.05) is 24.4 Å². The van der Waals surface area contributed by atoms with E-state index in [1.165, 1.54) is 0 Å². The van der Waals surface area contributed by atoms with Crippen LogP contribution in [0.15, 0.2) is 24.4 Å². The third kappa shape index (κ3) is 2.37. The molecule has 0 spiro atoms. The van der Waals surface area contributed by atoms with Crippen molar-refractivity contribution in [3.8, 4) is 5.75 Å². The van der Waals surface area contributed by atoms with Gasteiger partial charge in [0.05, 0.1) is 12.7 Å². The van der Waals surface area contributed by atoms with Crippen molar-refractivity contribution in [3.05, 3.63) is 30.0 Å². The van der Waals surface area contributed by atoms with Crippen molar-refractivity contribution in [2.75, 3.05) is 21.2 Å². The van der Waals surface area contributed by atoms with Crippen LogP contribution in [0, 0.1) is 0 Å². The molecule has 0 amide bonds. The normalized spacial score (nSPS) is 14.9. The molecule has 4 nitrogen and oxygen atoms in total. The Hall–Kier alpha value is -1.46. The SMILES string of the molecule is [B]C(O)(Cc1c[nH]c2ccc(OC)cc12)N(C)C. The number of aromatic amines is 1. The summed E-state index contributed by atoms with van der Waals surface area (Å²) in [6, 6.07) is 5.78. The summed E-state index contributed by atoms with van der Waals surface area (Å²) >= 11 is 0. The minimum atomic E-state index is -1.36. The number of nitrogens with zero attached hydrogens (tertiary/aromatic N) is 1. The van der Waals surface area contributed by atoms with Crippen LogP contribution in [-0.2, 0) is 6.42 Å². The van der Waals surface area contributed by atoms with Gasteiger partial charge in [-0.25, -0.2) is 0 Å². The number of methoxy groups -OCH3 is 1. The summed E-state index contributed by atoms with van der Waals surface area (Å²) in [4.78, 5) is 4.75. The molecule has 1 aromatic carbocycles. The number of hydrogen-bond acceptors (Lipinski definition) is 3. The molecule has 18 heavy (non-hydrogen) atoms. The van der Waals surface area contributed by atoms with Crippen molar-refractivity contribution < 1.29 is 9.84 Å². The average Bonchev–Trinajstić information content (AvgIpc) is 2.71. The molecular formula is C13H17BN2O2. The van der Waals surface area contributed by atoms with E-state index in [0.717, 1.165) is 22.2 Å². The van der Waals surface area contributed by atoms with E-state index in [0.29, 0.717) is 6.42 Å². The Labute approximate surface area is 108 Å². The highest BCUT2D eigenvalue weighted by molar-refractivity contribution is 6.14. The maximum absolute atomic E-state index is 10.1. The van der Waals surface area contributed by atoms with Crippen LogP contribution in [0.1, 0.15) is 5.56 Å². The molecule has 1 unspecified atom stereocenters. The zero-order valence-corrected chi connectivity index (χ0v) is 10.9. The Morgan fingerprint density at radius 2 is 2.17 bits per heavy atom. The van der Waals surface area contributed by atoms with Gasteiger partial charge in [0.2, 0.25) is 0 Å². The molecule has 0 fully saturated rings. The molecular weight excluding hydrogens is 227 g/mol. The minimum Gasteiger partial charge on any atom is -0.497 e. The Morgan fingerprint density at radius 1 is 1.44 bits per heavy atom. The smallest absolute Gasteiger partial charge is 0.136 e. The molecule has 5 heteroatoms. The number of fused-ring (bicyclic) bond motifs is 1. The fraction of sp³-hybridized carbons (Fsp3) is 0.385. The monoisotopic (exact) mass is 244 g/mol. The maximum Gasteiger partial charge on any atom is 0.136 e. The number of ether oxygens (including phenoxy) is 1. The summed E-state index contributed by atoms with van der Waals surface area (Å²) in [5.41, 5.74) is 0.598. The van der Waals surface area contributed by atoms with Gasteiger partial charge < -0.3 is 14.8 Å². The van der Waals surface area contributed by atoms with Gasteiger partial charge in [0.15, 0.2) is 0 Å². The van der Waals surface area contributed by atoms with Crippen LogP contribution in [-0.4, -0.2) is 49.7 Å². The third-order valence-corrected chi connectivity index (χ3v) is 3.20. The third-order valence-electron chi connectivity index (χ3n) is 3.20. The van der Waals surface area contributed by atoms with Gasteiger partial charge in [0.1, 0.15) is 13.6 Å². The van der Waals surface area contributed by atoms with Crippen LogP contribution < -0.4 is 4.74 Å². The number of benzene rings is 1. The number of likely N-dealkylation sites (N-methyl/N-ethyl adjacent to an activating group) is 1. The second-order valence-corrected chi connectivity index (χ2v) is 4.68. The Kier molecular flexibility index (Phi) is 3.37. The van der Waals surface area contributed by atoms with Crippen LogP contribution in [0.3, 0.4) is 0 Å². The van der Waals surface area contributed by atoms with Gasteiger partial charge in [-0.15, -0.1) is 0 Å². The summed E-state index contributed by atoms with van der Waals surface area (Å²) in [5.74, 6) is 0.786. The number of aliphatic hydroxyl groups is 1. The minimum absolute atomic E-state index is 0.340. The first-order chi connectivity index (χ1) is 8.44. The largest absolute Gasteiger partial charge is 0.497 e. The van der Waals surface area contributed by atoms with E-state index < -0.39 is 5.62 Å². The molecule has 0 saturated heterocycles. The van der Waals surface area contributed by atoms with Crippen molar-refractivity contribution in [2.24, 2.45) is 0 Å². The first kappa shape index (κ1) is 13.0. The molecule has 1 atom stereocenters. The molecule has 2 N–H and O–H groups in total. The van der Waals surface area contributed by atoms with E-state index in [1.54, 1.807) is 26.1 Å². The van der Waals surface area contributed by atoms with Gasteiger partial charge in [-0.05, 0) is 37.9 Å². The number of aromatic nitrogens is 1. The van der Waals surface area contributed by atoms with Gasteiger partial charge in [-0.1, -0.05) is 0 Å². The molecule has 0 bridgehead atoms. The zero-order chi connectivity index (χ0) is 13.3. The summed E-state index contributed by atoms with van der Waals surface area (Å²) in [6.07, 6.45) is 2.21. The molecule has 2 aromatic rings. The Morgan fingerprint density at radius 3 is 2.78 bits per heavy atom. The van der Waals surface area contributed by atoms with Crippen LogP contribution in [0.25, 0.3) is 10.9 Å². The first-order valence-electron chi connectivity index (χ1n) is 5.77. The number of rotatable bonds is 4. The lowest BCUT2D eigenvalue weighted by molar-refractivity contribution is -0.00339. The highest BCUT2D eigenvalue weighted by Gasteiger charge is 2.24. The Bertz CT molecular complexity index is 549. The molecule has 0 saturated carbocycles. The van der Waals surface area contributed by atoms with Gasteiger partial charge in [0, 0.05) is 23.5 Å². The number of hydrogen-bond donors (Lipinski definition) is 2. The second kappa shape index (κ2) is 4.67. The lowest BCUT2D eigenvalue weighted by atomic mass is 9.84. The molecule has 94 valence electrons. The predicted octanol–water partition coefficient (Wildman–Crippen LogP) is 1.10. The zero-order valence-electron chi connectivity index (χ0n) is 10.9. The molecule has 0 aliphatic rings. The van der Waals surface area contributed by atoms with Crippen molar-refractivity contribution >= 4 is 18.7 Å². The summed E-state index contributed by atoms with van der Waals surface area (Å²) < 4.78 is 5.21. The molecule has 2 rings (SSSR count). The van der Waals surface area contributed by atoms with E-state index in [2.05, 4.69) is 4.98 Å². The highest BCUT2D eigenvalue weighted by atomic mass is 16.5. The van der Waals surface area contributed by atoms with E-state index in [-0.39, 0.29) is 0 Å². The van der Waals surface area contributed by atoms with Gasteiger partial charge >= 0.3 is 0 Å². The topological polar surface area (TPSA) is 48.5 Å². The van der Waals surface area contributed by atoms with Crippen LogP contribution in [0.5, 0.6) is 5.75 Å². The van der Waals surface area contributed by atoms with Gasteiger partial charge in [-0.2, -0.15) is 0 Å². The van der Waals surface area contributed by atoms with Crippen molar-refractivity contribution in [1.29, 1.82) is 0 Å². The van der Waals surface area contributed by atoms with Crippen molar-refractivity contribution in [3.63, 3.8) is 0 Å². The molecule has 1 heterocycles. The van der Waals surface area contributed by atoms with Crippen molar-refractivity contribution in [2.45, 2.75) is 12.0 Å². The summed E-state index contributed by atoms with van der Waals surface area (Å²) in [5, 5.41) is 11.1. The highest BCUT2D eigenvalue weighted by Crippen LogP contribution is 2.26. The van der Waals surface area contributed by atoms with Gasteiger partial charge in [0.25, 0.3) is 0 Å². The number of nitrogens with one attached hydrogen (secondary N) is 1. The quantitative estimate of drug-likeness (QED) is 0.625. The van der Waals surface area contributed by atoms with Crippen LogP contribution in [0.2, 0.25) is 0 Å². The van der Waals surface area contributed by atoms with E-state index in [9.17, 15) is 5.11 Å². The van der Waals surface area contributed by atoms with Gasteiger partial charge in [-0.3, -0.25) is 4.90 Å². The Balaban J connectivity index is 2.39. The number of H-pyrrole nitrogens is 1. The standard InChI is InChI=1S/C13H17BN2O2/c1-16(2)13(14,17)7-9-8-15-12-5-4-10(18-3)6-11(9)12/h4-6,8,15,17H,7H2,1-3H3. The summed E-state index contributed by atoms with van der Waals surface area (Å²) in [6.45, 7) is 0. The molecule has 0 aliphatic carbocycles. The predicted molar refractivity (Wildman–Crippen MR) is 72.9 cm³/mol. The lowest BCUT2D eigenvalue weighted by Gasteiger charge is -2.31. The maximum atomic E-state index is 10.1. The molecule has 1 aromatic heterocycles. The summed E-state index contributed by atoms with van der Waals surface area (Å²) in [7, 11) is 11.0. The van der Waals surface area contributed by atoms with E-state index in [4.69, 9.17) is 12.6 Å².